The number of halogens is 1. The van der Waals surface area contributed by atoms with Crippen molar-refractivity contribution in [2.75, 3.05) is 25.0 Å². The summed E-state index contributed by atoms with van der Waals surface area (Å²) in [5.41, 5.74) is 0. The van der Waals surface area contributed by atoms with Crippen LogP contribution in [0.25, 0.3) is 0 Å². The number of hydrogen-bond donors (Lipinski definition) is 1. The fourth-order valence-electron chi connectivity index (χ4n) is 2.78. The van der Waals surface area contributed by atoms with E-state index in [1.807, 2.05) is 31.3 Å². The molecule has 0 radical (unpaired) electrons. The number of anilines is 1. The van der Waals surface area contributed by atoms with Crippen molar-refractivity contribution in [1.82, 2.24) is 9.88 Å². The molecule has 1 unspecified atom stereocenters. The zero-order chi connectivity index (χ0) is 14.7. The minimum Gasteiger partial charge on any atom is -0.465 e. The first-order valence-corrected chi connectivity index (χ1v) is 8.17. The second-order valence-corrected chi connectivity index (χ2v) is 6.37. The molecule has 0 saturated carbocycles. The molecule has 1 N–H and O–H groups in total. The van der Waals surface area contributed by atoms with E-state index in [2.05, 4.69) is 37.2 Å². The van der Waals surface area contributed by atoms with Crippen molar-refractivity contribution in [2.45, 2.75) is 25.8 Å². The van der Waals surface area contributed by atoms with Gasteiger partial charge in [-0.05, 0) is 73.1 Å². The highest BCUT2D eigenvalue weighted by atomic mass is 79.9. The Kier molecular flexibility index (Phi) is 4.60. The molecule has 0 bridgehead atoms. The number of aromatic nitrogens is 1. The topological polar surface area (TPSA) is 41.3 Å². The van der Waals surface area contributed by atoms with E-state index in [1.165, 1.54) is 12.8 Å². The molecule has 0 aromatic carbocycles. The molecule has 5 heteroatoms. The zero-order valence-electron chi connectivity index (χ0n) is 12.2. The van der Waals surface area contributed by atoms with Gasteiger partial charge in [0, 0.05) is 17.2 Å². The van der Waals surface area contributed by atoms with Crippen molar-refractivity contribution >= 4 is 21.7 Å². The molecule has 2 aromatic rings. The van der Waals surface area contributed by atoms with Crippen molar-refractivity contribution in [1.29, 1.82) is 0 Å². The molecule has 1 fully saturated rings. The van der Waals surface area contributed by atoms with Crippen molar-refractivity contribution < 1.29 is 4.42 Å². The van der Waals surface area contributed by atoms with Crippen LogP contribution in [-0.4, -0.2) is 29.5 Å². The first-order chi connectivity index (χ1) is 10.2. The first kappa shape index (κ1) is 14.6. The molecule has 0 aliphatic carbocycles. The number of hydrogen-bond acceptors (Lipinski definition) is 4. The Morgan fingerprint density at radius 3 is 2.71 bits per heavy atom. The monoisotopic (exact) mass is 349 g/mol. The molecule has 3 heterocycles. The van der Waals surface area contributed by atoms with Crippen LogP contribution in [0.3, 0.4) is 0 Å². The maximum atomic E-state index is 5.86. The van der Waals surface area contributed by atoms with Gasteiger partial charge in [0.05, 0.1) is 6.04 Å². The van der Waals surface area contributed by atoms with Gasteiger partial charge in [-0.1, -0.05) is 0 Å². The molecule has 112 valence electrons. The minimum absolute atomic E-state index is 0.270. The summed E-state index contributed by atoms with van der Waals surface area (Å²) in [5, 5.41) is 3.42. The van der Waals surface area contributed by atoms with Crippen LogP contribution in [0, 0.1) is 6.92 Å². The third-order valence-corrected chi connectivity index (χ3v) is 4.34. The van der Waals surface area contributed by atoms with Gasteiger partial charge in [0.25, 0.3) is 0 Å². The van der Waals surface area contributed by atoms with Gasteiger partial charge in [0.1, 0.15) is 17.3 Å². The van der Waals surface area contributed by atoms with Crippen LogP contribution in [0.2, 0.25) is 0 Å². The van der Waals surface area contributed by atoms with Crippen LogP contribution in [0.5, 0.6) is 0 Å². The van der Waals surface area contributed by atoms with Gasteiger partial charge in [0.15, 0.2) is 0 Å². The second kappa shape index (κ2) is 6.62. The summed E-state index contributed by atoms with van der Waals surface area (Å²) in [4.78, 5) is 6.86. The number of furan rings is 1. The van der Waals surface area contributed by atoms with Gasteiger partial charge in [-0.2, -0.15) is 0 Å². The van der Waals surface area contributed by atoms with Crippen molar-refractivity contribution in [3.63, 3.8) is 0 Å². The molecular weight excluding hydrogens is 330 g/mol. The Morgan fingerprint density at radius 2 is 2.10 bits per heavy atom. The predicted octanol–water partition coefficient (Wildman–Crippen LogP) is 3.99. The molecule has 3 rings (SSSR count). The number of pyridine rings is 1. The molecule has 0 amide bonds. The lowest BCUT2D eigenvalue weighted by Gasteiger charge is -2.26. The van der Waals surface area contributed by atoms with E-state index in [9.17, 15) is 0 Å². The van der Waals surface area contributed by atoms with Gasteiger partial charge < -0.3 is 9.73 Å². The van der Waals surface area contributed by atoms with Gasteiger partial charge in [-0.15, -0.1) is 0 Å². The highest BCUT2D eigenvalue weighted by molar-refractivity contribution is 9.10. The van der Waals surface area contributed by atoms with Gasteiger partial charge >= 0.3 is 0 Å². The van der Waals surface area contributed by atoms with E-state index in [-0.39, 0.29) is 6.04 Å². The summed E-state index contributed by atoms with van der Waals surface area (Å²) in [6.45, 7) is 5.08. The normalized spacial score (nSPS) is 17.0. The van der Waals surface area contributed by atoms with E-state index in [4.69, 9.17) is 4.42 Å². The molecular formula is C16H20BrN3O. The van der Waals surface area contributed by atoms with Crippen molar-refractivity contribution in [3.05, 3.63) is 46.5 Å². The predicted molar refractivity (Wildman–Crippen MR) is 87.4 cm³/mol. The quantitative estimate of drug-likeness (QED) is 0.885. The summed E-state index contributed by atoms with van der Waals surface area (Å²) < 4.78 is 6.85. The highest BCUT2D eigenvalue weighted by Gasteiger charge is 2.25. The highest BCUT2D eigenvalue weighted by Crippen LogP contribution is 2.27. The van der Waals surface area contributed by atoms with E-state index in [1.54, 1.807) is 0 Å². The van der Waals surface area contributed by atoms with E-state index < -0.39 is 0 Å². The van der Waals surface area contributed by atoms with E-state index in [0.717, 1.165) is 41.4 Å². The molecule has 0 spiro atoms. The summed E-state index contributed by atoms with van der Waals surface area (Å²) in [5.74, 6) is 2.90. The maximum Gasteiger partial charge on any atom is 0.126 e. The fourth-order valence-corrected chi connectivity index (χ4v) is 3.01. The SMILES string of the molecule is Cc1ccc(C(CNc2ccc(Br)cn2)N2CCCC2)o1. The van der Waals surface area contributed by atoms with Crippen LogP contribution in [0.15, 0.2) is 39.4 Å². The van der Waals surface area contributed by atoms with E-state index >= 15 is 0 Å². The Morgan fingerprint density at radius 1 is 1.29 bits per heavy atom. The molecule has 21 heavy (non-hydrogen) atoms. The average molecular weight is 350 g/mol. The number of aryl methyl sites for hydroxylation is 1. The Labute approximate surface area is 133 Å². The first-order valence-electron chi connectivity index (χ1n) is 7.38. The third-order valence-electron chi connectivity index (χ3n) is 3.87. The van der Waals surface area contributed by atoms with Crippen LogP contribution < -0.4 is 5.32 Å². The number of nitrogens with one attached hydrogen (secondary N) is 1. The van der Waals surface area contributed by atoms with Crippen molar-refractivity contribution in [2.24, 2.45) is 0 Å². The van der Waals surface area contributed by atoms with E-state index in [0.29, 0.717) is 0 Å². The molecule has 2 aromatic heterocycles. The molecule has 1 atom stereocenters. The summed E-state index contributed by atoms with van der Waals surface area (Å²) >= 11 is 3.41. The molecule has 1 saturated heterocycles. The Bertz CT molecular complexity index is 575. The summed E-state index contributed by atoms with van der Waals surface area (Å²) in [6.07, 6.45) is 4.35. The Balaban J connectivity index is 1.71. The van der Waals surface area contributed by atoms with Crippen molar-refractivity contribution in [3.8, 4) is 0 Å². The standard InChI is InChI=1S/C16H20BrN3O/c1-12-4-6-15(21-12)14(20-8-2-3-9-20)11-19-16-7-5-13(17)10-18-16/h4-7,10,14H,2-3,8-9,11H2,1H3,(H,18,19). The minimum atomic E-state index is 0.270. The van der Waals surface area contributed by atoms with Crippen LogP contribution in [-0.2, 0) is 0 Å². The summed E-state index contributed by atoms with van der Waals surface area (Å²) in [6, 6.07) is 8.38. The number of nitrogens with zero attached hydrogens (tertiary/aromatic N) is 2. The number of likely N-dealkylation sites (tertiary alicyclic amines) is 1. The molecule has 1 aliphatic heterocycles. The zero-order valence-corrected chi connectivity index (χ0v) is 13.8. The second-order valence-electron chi connectivity index (χ2n) is 5.45. The summed E-state index contributed by atoms with van der Waals surface area (Å²) in [7, 11) is 0. The lowest BCUT2D eigenvalue weighted by atomic mass is 10.2. The van der Waals surface area contributed by atoms with Gasteiger partial charge in [-0.3, -0.25) is 4.90 Å². The maximum absolute atomic E-state index is 5.86. The third kappa shape index (κ3) is 3.66. The van der Waals surface area contributed by atoms with Crippen LogP contribution in [0.1, 0.15) is 30.4 Å². The average Bonchev–Trinajstić information content (AvgIpc) is 3.13. The smallest absolute Gasteiger partial charge is 0.126 e. The van der Waals surface area contributed by atoms with Gasteiger partial charge in [-0.25, -0.2) is 4.98 Å². The van der Waals surface area contributed by atoms with Crippen LogP contribution >= 0.6 is 15.9 Å². The molecule has 4 nitrogen and oxygen atoms in total. The fraction of sp³-hybridized carbons (Fsp3) is 0.438. The lowest BCUT2D eigenvalue weighted by molar-refractivity contribution is 0.223. The largest absolute Gasteiger partial charge is 0.465 e. The Hall–Kier alpha value is -1.33. The lowest BCUT2D eigenvalue weighted by Crippen LogP contribution is -2.30. The van der Waals surface area contributed by atoms with Crippen LogP contribution in [0.4, 0.5) is 5.82 Å². The van der Waals surface area contributed by atoms with Gasteiger partial charge in [0.2, 0.25) is 0 Å². The number of rotatable bonds is 5. The molecule has 1 aliphatic rings.